The van der Waals surface area contributed by atoms with Crippen LogP contribution in [0.25, 0.3) is 0 Å². The highest BCUT2D eigenvalue weighted by molar-refractivity contribution is 5.37. The number of β-amino-alcohol motifs (C(OH)–C–C–N with tert-alkyl or cyclic N) is 1. The fourth-order valence-corrected chi connectivity index (χ4v) is 4.56. The van der Waals surface area contributed by atoms with Gasteiger partial charge in [-0.25, -0.2) is 0 Å². The van der Waals surface area contributed by atoms with Crippen LogP contribution < -0.4 is 9.47 Å². The van der Waals surface area contributed by atoms with Gasteiger partial charge in [0, 0.05) is 51.3 Å². The van der Waals surface area contributed by atoms with Gasteiger partial charge in [0.05, 0.1) is 19.8 Å². The zero-order chi connectivity index (χ0) is 23.6. The molecule has 1 aliphatic rings. The number of rotatable bonds is 11. The first-order valence-corrected chi connectivity index (χ1v) is 12.2. The van der Waals surface area contributed by atoms with Gasteiger partial charge < -0.3 is 19.5 Å². The highest BCUT2D eigenvalue weighted by Crippen LogP contribution is 2.26. The largest absolute Gasteiger partial charge is 0.496 e. The van der Waals surface area contributed by atoms with E-state index in [-0.39, 0.29) is 0 Å². The lowest BCUT2D eigenvalue weighted by molar-refractivity contribution is 0.0696. The molecule has 0 aromatic heterocycles. The molecular weight excluding hydrogens is 424 g/mol. The van der Waals surface area contributed by atoms with Gasteiger partial charge in [-0.05, 0) is 29.7 Å². The van der Waals surface area contributed by atoms with Crippen molar-refractivity contribution in [3.8, 4) is 11.5 Å². The summed E-state index contributed by atoms with van der Waals surface area (Å²) in [6, 6.07) is 26.6. The number of hydrogen-bond acceptors (Lipinski definition) is 5. The lowest BCUT2D eigenvalue weighted by Gasteiger charge is -2.35. The fourth-order valence-electron chi connectivity index (χ4n) is 4.56. The van der Waals surface area contributed by atoms with Crippen LogP contribution in [-0.2, 0) is 6.42 Å². The summed E-state index contributed by atoms with van der Waals surface area (Å²) in [5.74, 6) is 1.74. The molecule has 34 heavy (non-hydrogen) atoms. The summed E-state index contributed by atoms with van der Waals surface area (Å²) >= 11 is 0. The molecule has 0 amide bonds. The van der Waals surface area contributed by atoms with E-state index in [0.29, 0.717) is 6.54 Å². The molecule has 0 saturated carbocycles. The van der Waals surface area contributed by atoms with Crippen LogP contribution >= 0.6 is 0 Å². The molecule has 0 aliphatic carbocycles. The van der Waals surface area contributed by atoms with Crippen molar-refractivity contribution in [3.63, 3.8) is 0 Å². The average molecular weight is 461 g/mol. The molecule has 3 aromatic rings. The summed E-state index contributed by atoms with van der Waals surface area (Å²) in [5, 5.41) is 10.7. The number of aliphatic hydroxyl groups excluding tert-OH is 1. The molecule has 5 nitrogen and oxygen atoms in total. The first-order chi connectivity index (χ1) is 16.7. The molecular formula is C29H36N2O3. The van der Waals surface area contributed by atoms with Crippen molar-refractivity contribution in [2.75, 3.05) is 53.0 Å². The van der Waals surface area contributed by atoms with Crippen LogP contribution in [0.5, 0.6) is 11.5 Å². The van der Waals surface area contributed by atoms with E-state index in [1.54, 1.807) is 7.11 Å². The Bertz CT molecular complexity index is 1000. The Labute approximate surface area is 203 Å². The quantitative estimate of drug-likeness (QED) is 0.430. The molecule has 1 heterocycles. The van der Waals surface area contributed by atoms with Crippen molar-refractivity contribution in [2.24, 2.45) is 0 Å². The third-order valence-electron chi connectivity index (χ3n) is 6.48. The maximum Gasteiger partial charge on any atom is 0.124 e. The predicted molar refractivity (Wildman–Crippen MR) is 137 cm³/mol. The number of methoxy groups -OCH3 is 1. The predicted octanol–water partition coefficient (Wildman–Crippen LogP) is 4.41. The third kappa shape index (κ3) is 6.83. The van der Waals surface area contributed by atoms with E-state index in [9.17, 15) is 5.11 Å². The summed E-state index contributed by atoms with van der Waals surface area (Å²) in [5.41, 5.74) is 3.39. The number of aliphatic hydroxyl groups is 1. The van der Waals surface area contributed by atoms with Crippen LogP contribution in [0.1, 0.15) is 29.2 Å². The normalized spacial score (nSPS) is 15.7. The summed E-state index contributed by atoms with van der Waals surface area (Å²) in [6.07, 6.45) is 1.36. The first kappa shape index (κ1) is 24.3. The number of piperazine rings is 1. The first-order valence-electron chi connectivity index (χ1n) is 12.2. The van der Waals surface area contributed by atoms with Gasteiger partial charge >= 0.3 is 0 Å². The van der Waals surface area contributed by atoms with E-state index in [4.69, 9.17) is 9.47 Å². The Hall–Kier alpha value is -2.86. The maximum absolute atomic E-state index is 10.7. The van der Waals surface area contributed by atoms with E-state index >= 15 is 0 Å². The van der Waals surface area contributed by atoms with Crippen molar-refractivity contribution in [2.45, 2.75) is 18.9 Å². The van der Waals surface area contributed by atoms with Gasteiger partial charge in [0.1, 0.15) is 11.5 Å². The van der Waals surface area contributed by atoms with Crippen LogP contribution in [0.2, 0.25) is 0 Å². The molecule has 0 radical (unpaired) electrons. The molecule has 4 rings (SSSR count). The van der Waals surface area contributed by atoms with Gasteiger partial charge in [0.15, 0.2) is 0 Å². The van der Waals surface area contributed by atoms with E-state index in [0.717, 1.165) is 69.2 Å². The number of para-hydroxylation sites is 2. The monoisotopic (exact) mass is 460 g/mol. The number of ether oxygens (including phenoxy) is 2. The Kier molecular flexibility index (Phi) is 8.97. The van der Waals surface area contributed by atoms with Crippen molar-refractivity contribution in [3.05, 3.63) is 95.6 Å². The average Bonchev–Trinajstić information content (AvgIpc) is 2.89. The molecule has 1 fully saturated rings. The second-order valence-electron chi connectivity index (χ2n) is 8.87. The minimum Gasteiger partial charge on any atom is -0.496 e. The van der Waals surface area contributed by atoms with Gasteiger partial charge in [0.2, 0.25) is 0 Å². The second kappa shape index (κ2) is 12.6. The zero-order valence-corrected chi connectivity index (χ0v) is 20.1. The molecule has 1 unspecified atom stereocenters. The number of nitrogens with zero attached hydrogens (tertiary/aromatic N) is 2. The molecule has 0 spiro atoms. The Morgan fingerprint density at radius 3 is 2.21 bits per heavy atom. The van der Waals surface area contributed by atoms with Gasteiger partial charge in [-0.1, -0.05) is 66.7 Å². The van der Waals surface area contributed by atoms with Gasteiger partial charge in [-0.2, -0.15) is 0 Å². The van der Waals surface area contributed by atoms with E-state index < -0.39 is 6.10 Å². The molecule has 1 N–H and O–H groups in total. The van der Waals surface area contributed by atoms with E-state index in [1.165, 1.54) is 11.1 Å². The molecule has 1 saturated heterocycles. The minimum absolute atomic E-state index is 0.535. The standard InChI is InChI=1S/C29H36N2O3/c1-33-29-15-8-6-13-26(29)27(32)23-31-19-17-30(18-20-31)16-9-21-34-28-14-7-5-12-25(28)22-24-10-3-2-4-11-24/h2-8,10-15,27,32H,9,16-23H2,1H3. The third-order valence-corrected chi connectivity index (χ3v) is 6.48. The van der Waals surface area contributed by atoms with Crippen molar-refractivity contribution < 1.29 is 14.6 Å². The van der Waals surface area contributed by atoms with Crippen LogP contribution in [-0.4, -0.2) is 67.9 Å². The number of hydrogen-bond donors (Lipinski definition) is 1. The second-order valence-corrected chi connectivity index (χ2v) is 8.87. The summed E-state index contributed by atoms with van der Waals surface area (Å²) in [4.78, 5) is 4.83. The molecule has 180 valence electrons. The maximum atomic E-state index is 10.7. The van der Waals surface area contributed by atoms with Gasteiger partial charge in [-0.3, -0.25) is 4.90 Å². The lowest BCUT2D eigenvalue weighted by Crippen LogP contribution is -2.47. The molecule has 3 aromatic carbocycles. The molecule has 1 aliphatic heterocycles. The highest BCUT2D eigenvalue weighted by atomic mass is 16.5. The summed E-state index contributed by atoms with van der Waals surface area (Å²) < 4.78 is 11.6. The van der Waals surface area contributed by atoms with Crippen molar-refractivity contribution in [1.29, 1.82) is 0 Å². The molecule has 1 atom stereocenters. The number of benzene rings is 3. The van der Waals surface area contributed by atoms with Crippen LogP contribution in [0, 0.1) is 0 Å². The fraction of sp³-hybridized carbons (Fsp3) is 0.379. The lowest BCUT2D eigenvalue weighted by atomic mass is 10.0. The van der Waals surface area contributed by atoms with Crippen molar-refractivity contribution in [1.82, 2.24) is 9.80 Å². The summed E-state index contributed by atoms with van der Waals surface area (Å²) in [6.45, 7) is 6.35. The SMILES string of the molecule is COc1ccccc1C(O)CN1CCN(CCCOc2ccccc2Cc2ccccc2)CC1. The summed E-state index contributed by atoms with van der Waals surface area (Å²) in [7, 11) is 1.65. The van der Waals surface area contributed by atoms with Crippen LogP contribution in [0.15, 0.2) is 78.9 Å². The molecule has 5 heteroatoms. The Balaban J connectivity index is 1.17. The highest BCUT2D eigenvalue weighted by Gasteiger charge is 2.21. The van der Waals surface area contributed by atoms with E-state index in [2.05, 4.69) is 52.3 Å². The topological polar surface area (TPSA) is 45.2 Å². The molecule has 0 bridgehead atoms. The Morgan fingerprint density at radius 1 is 0.794 bits per heavy atom. The minimum atomic E-state index is -0.535. The zero-order valence-electron chi connectivity index (χ0n) is 20.1. The smallest absolute Gasteiger partial charge is 0.124 e. The van der Waals surface area contributed by atoms with Crippen LogP contribution in [0.4, 0.5) is 0 Å². The van der Waals surface area contributed by atoms with Crippen LogP contribution in [0.3, 0.4) is 0 Å². The van der Waals surface area contributed by atoms with Crippen molar-refractivity contribution >= 4 is 0 Å². The Morgan fingerprint density at radius 2 is 1.44 bits per heavy atom. The van der Waals surface area contributed by atoms with E-state index in [1.807, 2.05) is 36.4 Å². The van der Waals surface area contributed by atoms with Gasteiger partial charge in [-0.15, -0.1) is 0 Å². The van der Waals surface area contributed by atoms with Gasteiger partial charge in [0.25, 0.3) is 0 Å².